The van der Waals surface area contributed by atoms with Gasteiger partial charge in [0, 0.05) is 22.0 Å². The number of nitrogens with one attached hydrogen (secondary N) is 2. The fraction of sp³-hybridized carbons (Fsp3) is 0.133. The summed E-state index contributed by atoms with van der Waals surface area (Å²) < 4.78 is 5.11. The van der Waals surface area contributed by atoms with Gasteiger partial charge in [0.1, 0.15) is 11.8 Å². The number of hydrogen-bond acceptors (Lipinski definition) is 3. The third-order valence-corrected chi connectivity index (χ3v) is 3.84. The van der Waals surface area contributed by atoms with E-state index >= 15 is 0 Å². The number of carbonyl (C=O) groups is 1. The van der Waals surface area contributed by atoms with Crippen LogP contribution in [0, 0.1) is 0 Å². The summed E-state index contributed by atoms with van der Waals surface area (Å²) in [5, 5.41) is 7.04. The molecule has 1 aliphatic rings. The molecule has 1 aliphatic heterocycles. The second kappa shape index (κ2) is 5.47. The zero-order chi connectivity index (χ0) is 15.0. The Bertz CT molecular complexity index is 719. The highest BCUT2D eigenvalue weighted by molar-refractivity contribution is 6.32. The molecule has 0 aliphatic carbocycles. The first kappa shape index (κ1) is 14.0. The lowest BCUT2D eigenvalue weighted by atomic mass is 10.1. The first-order valence-electron chi connectivity index (χ1n) is 6.29. The molecule has 1 amide bonds. The van der Waals surface area contributed by atoms with Crippen LogP contribution in [-0.4, -0.2) is 13.0 Å². The maximum Gasteiger partial charge on any atom is 0.251 e. The number of anilines is 2. The van der Waals surface area contributed by atoms with Gasteiger partial charge in [0.15, 0.2) is 0 Å². The summed E-state index contributed by atoms with van der Waals surface area (Å²) in [6.45, 7) is 0. The van der Waals surface area contributed by atoms with Crippen LogP contribution in [0.25, 0.3) is 0 Å². The van der Waals surface area contributed by atoms with Crippen molar-refractivity contribution in [1.29, 1.82) is 0 Å². The summed E-state index contributed by atoms with van der Waals surface area (Å²) in [5.41, 5.74) is 2.31. The third-order valence-electron chi connectivity index (χ3n) is 3.31. The van der Waals surface area contributed by atoms with Crippen molar-refractivity contribution in [1.82, 2.24) is 0 Å². The Morgan fingerprint density at radius 1 is 1.19 bits per heavy atom. The van der Waals surface area contributed by atoms with Gasteiger partial charge in [0.05, 0.1) is 12.1 Å². The van der Waals surface area contributed by atoms with Gasteiger partial charge in [-0.2, -0.15) is 0 Å². The van der Waals surface area contributed by atoms with Crippen molar-refractivity contribution < 1.29 is 9.53 Å². The van der Waals surface area contributed by atoms with Crippen molar-refractivity contribution in [3.8, 4) is 5.75 Å². The largest absolute Gasteiger partial charge is 0.495 e. The second-order valence-electron chi connectivity index (χ2n) is 4.65. The van der Waals surface area contributed by atoms with Crippen molar-refractivity contribution in [3.63, 3.8) is 0 Å². The molecular weight excluding hydrogens is 311 g/mol. The molecule has 108 valence electrons. The van der Waals surface area contributed by atoms with Crippen LogP contribution in [0.1, 0.15) is 11.6 Å². The predicted octanol–water partition coefficient (Wildman–Crippen LogP) is 4.11. The zero-order valence-corrected chi connectivity index (χ0v) is 12.6. The van der Waals surface area contributed by atoms with Crippen LogP contribution >= 0.6 is 23.2 Å². The smallest absolute Gasteiger partial charge is 0.251 e. The number of amides is 1. The Kier molecular flexibility index (Phi) is 3.66. The minimum atomic E-state index is -0.497. The van der Waals surface area contributed by atoms with E-state index in [9.17, 15) is 4.79 Å². The summed E-state index contributed by atoms with van der Waals surface area (Å²) >= 11 is 12.1. The predicted molar refractivity (Wildman–Crippen MR) is 84.4 cm³/mol. The summed E-state index contributed by atoms with van der Waals surface area (Å²) in [6, 6.07) is 10.1. The van der Waals surface area contributed by atoms with Crippen molar-refractivity contribution >= 4 is 40.5 Å². The number of halogens is 2. The van der Waals surface area contributed by atoms with Crippen LogP contribution in [0.2, 0.25) is 10.0 Å². The minimum Gasteiger partial charge on any atom is -0.495 e. The molecule has 1 atom stereocenters. The monoisotopic (exact) mass is 322 g/mol. The Morgan fingerprint density at radius 3 is 2.71 bits per heavy atom. The van der Waals surface area contributed by atoms with E-state index < -0.39 is 6.04 Å². The van der Waals surface area contributed by atoms with Crippen LogP contribution < -0.4 is 15.4 Å². The maximum atomic E-state index is 12.1. The Morgan fingerprint density at radius 2 is 2.00 bits per heavy atom. The molecule has 0 aromatic heterocycles. The zero-order valence-electron chi connectivity index (χ0n) is 11.1. The lowest BCUT2D eigenvalue weighted by molar-refractivity contribution is -0.116. The summed E-state index contributed by atoms with van der Waals surface area (Å²) in [4.78, 5) is 12.1. The first-order valence-corrected chi connectivity index (χ1v) is 7.04. The number of carbonyl (C=O) groups excluding carboxylic acids is 1. The van der Waals surface area contributed by atoms with Gasteiger partial charge in [-0.15, -0.1) is 0 Å². The molecule has 0 bridgehead atoms. The number of rotatable bonds is 3. The Labute approximate surface area is 132 Å². The van der Waals surface area contributed by atoms with E-state index in [-0.39, 0.29) is 5.91 Å². The molecule has 1 heterocycles. The molecule has 6 heteroatoms. The fourth-order valence-corrected chi connectivity index (χ4v) is 2.74. The molecule has 3 rings (SSSR count). The van der Waals surface area contributed by atoms with Crippen LogP contribution in [0.15, 0.2) is 36.4 Å². The number of methoxy groups -OCH3 is 1. The molecular formula is C15H12Cl2N2O2. The van der Waals surface area contributed by atoms with Crippen LogP contribution in [0.4, 0.5) is 11.4 Å². The second-order valence-corrected chi connectivity index (χ2v) is 5.49. The SMILES string of the molecule is COc1ccc(NC2C(=O)Nc3ccc(Cl)cc32)cc1Cl. The topological polar surface area (TPSA) is 50.4 Å². The molecule has 2 N–H and O–H groups in total. The average molecular weight is 323 g/mol. The molecule has 0 saturated carbocycles. The van der Waals surface area contributed by atoms with Gasteiger partial charge in [0.2, 0.25) is 0 Å². The standard InChI is InChI=1S/C15H12Cl2N2O2/c1-21-13-5-3-9(7-11(13)17)18-14-10-6-8(16)2-4-12(10)19-15(14)20/h2-7,14,18H,1H3,(H,19,20). The average Bonchev–Trinajstić information content (AvgIpc) is 2.75. The van der Waals surface area contributed by atoms with Crippen LogP contribution in [0.3, 0.4) is 0 Å². The highest BCUT2D eigenvalue weighted by atomic mass is 35.5. The summed E-state index contributed by atoms with van der Waals surface area (Å²) in [6.07, 6.45) is 0. The van der Waals surface area contributed by atoms with Gasteiger partial charge in [-0.25, -0.2) is 0 Å². The van der Waals surface area contributed by atoms with E-state index in [4.69, 9.17) is 27.9 Å². The number of fused-ring (bicyclic) bond motifs is 1. The normalized spacial score (nSPS) is 16.3. The van der Waals surface area contributed by atoms with Gasteiger partial charge < -0.3 is 15.4 Å². The molecule has 0 radical (unpaired) electrons. The number of ether oxygens (including phenoxy) is 1. The Balaban J connectivity index is 1.90. The summed E-state index contributed by atoms with van der Waals surface area (Å²) in [7, 11) is 1.55. The first-order chi connectivity index (χ1) is 10.1. The molecule has 0 fully saturated rings. The van der Waals surface area contributed by atoms with E-state index in [1.54, 1.807) is 43.5 Å². The molecule has 2 aromatic rings. The molecule has 21 heavy (non-hydrogen) atoms. The van der Waals surface area contributed by atoms with Crippen molar-refractivity contribution in [2.45, 2.75) is 6.04 Å². The Hall–Kier alpha value is -1.91. The summed E-state index contributed by atoms with van der Waals surface area (Å²) in [5.74, 6) is 0.459. The maximum absolute atomic E-state index is 12.1. The number of hydrogen-bond donors (Lipinski definition) is 2. The fourth-order valence-electron chi connectivity index (χ4n) is 2.30. The third kappa shape index (κ3) is 2.64. The van der Waals surface area contributed by atoms with E-state index in [0.29, 0.717) is 15.8 Å². The van der Waals surface area contributed by atoms with E-state index in [2.05, 4.69) is 10.6 Å². The van der Waals surface area contributed by atoms with Gasteiger partial charge in [-0.3, -0.25) is 4.79 Å². The van der Waals surface area contributed by atoms with E-state index in [1.165, 1.54) is 0 Å². The van der Waals surface area contributed by atoms with E-state index in [0.717, 1.165) is 16.9 Å². The highest BCUT2D eigenvalue weighted by Gasteiger charge is 2.30. The molecule has 4 nitrogen and oxygen atoms in total. The lowest BCUT2D eigenvalue weighted by Gasteiger charge is -2.14. The van der Waals surface area contributed by atoms with Crippen LogP contribution in [-0.2, 0) is 4.79 Å². The van der Waals surface area contributed by atoms with Crippen molar-refractivity contribution in [2.24, 2.45) is 0 Å². The minimum absolute atomic E-state index is 0.126. The van der Waals surface area contributed by atoms with E-state index in [1.807, 2.05) is 0 Å². The van der Waals surface area contributed by atoms with Crippen molar-refractivity contribution in [2.75, 3.05) is 17.7 Å². The van der Waals surface area contributed by atoms with Gasteiger partial charge >= 0.3 is 0 Å². The molecule has 2 aromatic carbocycles. The quantitative estimate of drug-likeness (QED) is 0.894. The lowest BCUT2D eigenvalue weighted by Crippen LogP contribution is -2.19. The van der Waals surface area contributed by atoms with Gasteiger partial charge in [0.25, 0.3) is 5.91 Å². The van der Waals surface area contributed by atoms with Crippen molar-refractivity contribution in [3.05, 3.63) is 52.0 Å². The molecule has 0 saturated heterocycles. The van der Waals surface area contributed by atoms with Gasteiger partial charge in [-0.1, -0.05) is 23.2 Å². The van der Waals surface area contributed by atoms with Crippen LogP contribution in [0.5, 0.6) is 5.75 Å². The highest BCUT2D eigenvalue weighted by Crippen LogP contribution is 2.36. The number of benzene rings is 2. The molecule has 0 spiro atoms. The van der Waals surface area contributed by atoms with Gasteiger partial charge in [-0.05, 0) is 36.4 Å². The molecule has 1 unspecified atom stereocenters.